The van der Waals surface area contributed by atoms with Gasteiger partial charge in [-0.2, -0.15) is 0 Å². The van der Waals surface area contributed by atoms with E-state index in [1.54, 1.807) is 0 Å². The van der Waals surface area contributed by atoms with Crippen molar-refractivity contribution in [2.75, 3.05) is 0 Å². The molecule has 0 saturated carbocycles. The molecule has 2 aromatic carbocycles. The van der Waals surface area contributed by atoms with E-state index < -0.39 is 0 Å². The summed E-state index contributed by atoms with van der Waals surface area (Å²) in [6, 6.07) is 19.2. The third kappa shape index (κ3) is 1.53. The van der Waals surface area contributed by atoms with Crippen LogP contribution < -0.4 is 0 Å². The highest BCUT2D eigenvalue weighted by Crippen LogP contribution is 2.41. The van der Waals surface area contributed by atoms with Gasteiger partial charge in [-0.25, -0.2) is 0 Å². The van der Waals surface area contributed by atoms with Crippen molar-refractivity contribution in [3.8, 4) is 0 Å². The standard InChI is InChI=1S/C18H16/c1-14-12-13-18(2,15-8-4-3-5-9-15)17-11-7-6-10-16(14)17/h3-13H,1H2,2H3. The van der Waals surface area contributed by atoms with Gasteiger partial charge in [-0.15, -0.1) is 0 Å². The van der Waals surface area contributed by atoms with Gasteiger partial charge in [0.1, 0.15) is 0 Å². The van der Waals surface area contributed by atoms with Crippen molar-refractivity contribution < 1.29 is 0 Å². The fraction of sp³-hybridized carbons (Fsp3) is 0.111. The minimum absolute atomic E-state index is 0.0565. The normalized spacial score (nSPS) is 21.7. The second-order valence-electron chi connectivity index (χ2n) is 4.97. The summed E-state index contributed by atoms with van der Waals surface area (Å²) in [6.07, 6.45) is 4.39. The molecular weight excluding hydrogens is 216 g/mol. The van der Waals surface area contributed by atoms with E-state index in [0.717, 1.165) is 5.57 Å². The van der Waals surface area contributed by atoms with Crippen LogP contribution >= 0.6 is 0 Å². The summed E-state index contributed by atoms with van der Waals surface area (Å²) >= 11 is 0. The molecule has 0 spiro atoms. The summed E-state index contributed by atoms with van der Waals surface area (Å²) < 4.78 is 0. The van der Waals surface area contributed by atoms with Crippen LogP contribution in [0.25, 0.3) is 5.57 Å². The van der Waals surface area contributed by atoms with Gasteiger partial charge in [0.25, 0.3) is 0 Å². The van der Waals surface area contributed by atoms with Gasteiger partial charge in [0, 0.05) is 5.41 Å². The zero-order valence-electron chi connectivity index (χ0n) is 10.6. The monoisotopic (exact) mass is 232 g/mol. The molecule has 88 valence electrons. The molecule has 0 fully saturated rings. The van der Waals surface area contributed by atoms with Gasteiger partial charge in [-0.1, -0.05) is 73.3 Å². The molecule has 2 aromatic rings. The summed E-state index contributed by atoms with van der Waals surface area (Å²) in [7, 11) is 0. The van der Waals surface area contributed by atoms with E-state index in [2.05, 4.69) is 80.3 Å². The molecule has 0 amide bonds. The molecule has 1 atom stereocenters. The zero-order chi connectivity index (χ0) is 12.6. The van der Waals surface area contributed by atoms with Gasteiger partial charge in [0.15, 0.2) is 0 Å². The lowest BCUT2D eigenvalue weighted by atomic mass is 9.70. The molecule has 0 bridgehead atoms. The van der Waals surface area contributed by atoms with Gasteiger partial charge in [0.05, 0.1) is 0 Å². The molecule has 18 heavy (non-hydrogen) atoms. The maximum atomic E-state index is 4.13. The Balaban J connectivity index is 2.25. The van der Waals surface area contributed by atoms with Crippen LogP contribution in [0, 0.1) is 0 Å². The summed E-state index contributed by atoms with van der Waals surface area (Å²) in [6.45, 7) is 6.40. The Hall–Kier alpha value is -2.08. The molecule has 0 saturated heterocycles. The van der Waals surface area contributed by atoms with Crippen LogP contribution in [0.1, 0.15) is 23.6 Å². The second-order valence-corrected chi connectivity index (χ2v) is 4.97. The summed E-state index contributed by atoms with van der Waals surface area (Å²) in [5.74, 6) is 0. The quantitative estimate of drug-likeness (QED) is 0.675. The van der Waals surface area contributed by atoms with Crippen LogP contribution in [0.2, 0.25) is 0 Å². The van der Waals surface area contributed by atoms with Gasteiger partial charge in [0.2, 0.25) is 0 Å². The fourth-order valence-corrected chi connectivity index (χ4v) is 2.70. The van der Waals surface area contributed by atoms with E-state index in [1.807, 2.05) is 0 Å². The predicted octanol–water partition coefficient (Wildman–Crippen LogP) is 4.58. The minimum atomic E-state index is -0.0565. The van der Waals surface area contributed by atoms with Crippen LogP contribution in [-0.4, -0.2) is 0 Å². The third-order valence-corrected chi connectivity index (χ3v) is 3.82. The maximum Gasteiger partial charge on any atom is 0.0363 e. The van der Waals surface area contributed by atoms with Crippen LogP contribution in [0.3, 0.4) is 0 Å². The first-order chi connectivity index (χ1) is 8.72. The molecule has 0 nitrogen and oxygen atoms in total. The Morgan fingerprint density at radius 3 is 2.33 bits per heavy atom. The van der Waals surface area contributed by atoms with Crippen molar-refractivity contribution in [3.05, 3.63) is 90.0 Å². The van der Waals surface area contributed by atoms with Crippen molar-refractivity contribution in [1.82, 2.24) is 0 Å². The fourth-order valence-electron chi connectivity index (χ4n) is 2.70. The van der Waals surface area contributed by atoms with Gasteiger partial charge in [-0.3, -0.25) is 0 Å². The van der Waals surface area contributed by atoms with E-state index in [9.17, 15) is 0 Å². The van der Waals surface area contributed by atoms with Crippen LogP contribution in [0.15, 0.2) is 73.3 Å². The largest absolute Gasteiger partial charge is 0.0912 e. The van der Waals surface area contributed by atoms with Crippen LogP contribution in [0.4, 0.5) is 0 Å². The molecule has 0 radical (unpaired) electrons. The SMILES string of the molecule is C=C1C=CC(C)(c2ccccc2)c2ccccc21. The first-order valence-corrected chi connectivity index (χ1v) is 6.25. The lowest BCUT2D eigenvalue weighted by Gasteiger charge is -2.33. The lowest BCUT2D eigenvalue weighted by molar-refractivity contribution is 0.716. The molecule has 1 aliphatic rings. The van der Waals surface area contributed by atoms with E-state index in [1.165, 1.54) is 16.7 Å². The van der Waals surface area contributed by atoms with E-state index in [-0.39, 0.29) is 5.41 Å². The van der Waals surface area contributed by atoms with Crippen molar-refractivity contribution >= 4 is 5.57 Å². The molecule has 0 heteroatoms. The topological polar surface area (TPSA) is 0 Å². The average Bonchev–Trinajstić information content (AvgIpc) is 2.44. The smallest absolute Gasteiger partial charge is 0.0363 e. The Morgan fingerprint density at radius 2 is 1.56 bits per heavy atom. The van der Waals surface area contributed by atoms with Crippen molar-refractivity contribution in [2.45, 2.75) is 12.3 Å². The molecule has 0 aromatic heterocycles. The number of fused-ring (bicyclic) bond motifs is 1. The third-order valence-electron chi connectivity index (χ3n) is 3.82. The minimum Gasteiger partial charge on any atom is -0.0912 e. The number of hydrogen-bond donors (Lipinski definition) is 0. The maximum absolute atomic E-state index is 4.13. The lowest BCUT2D eigenvalue weighted by Crippen LogP contribution is -2.24. The van der Waals surface area contributed by atoms with E-state index >= 15 is 0 Å². The summed E-state index contributed by atoms with van der Waals surface area (Å²) in [4.78, 5) is 0. The van der Waals surface area contributed by atoms with Gasteiger partial charge in [-0.05, 0) is 29.2 Å². The van der Waals surface area contributed by atoms with Crippen molar-refractivity contribution in [3.63, 3.8) is 0 Å². The summed E-state index contributed by atoms with van der Waals surface area (Å²) in [5.41, 5.74) is 4.95. The highest BCUT2D eigenvalue weighted by Gasteiger charge is 2.30. The Kier molecular flexibility index (Phi) is 2.45. The molecule has 0 N–H and O–H groups in total. The number of allylic oxidation sites excluding steroid dienone is 3. The van der Waals surface area contributed by atoms with Gasteiger partial charge >= 0.3 is 0 Å². The van der Waals surface area contributed by atoms with Crippen molar-refractivity contribution in [1.29, 1.82) is 0 Å². The Bertz CT molecular complexity index is 619. The first-order valence-electron chi connectivity index (χ1n) is 6.25. The highest BCUT2D eigenvalue weighted by atomic mass is 14.3. The number of hydrogen-bond acceptors (Lipinski definition) is 0. The predicted molar refractivity (Wildman–Crippen MR) is 77.5 cm³/mol. The van der Waals surface area contributed by atoms with Gasteiger partial charge < -0.3 is 0 Å². The molecule has 3 rings (SSSR count). The Morgan fingerprint density at radius 1 is 0.889 bits per heavy atom. The first kappa shape index (κ1) is 11.0. The number of rotatable bonds is 1. The molecule has 1 aliphatic carbocycles. The molecular formula is C18H16. The molecule has 1 unspecified atom stereocenters. The average molecular weight is 232 g/mol. The summed E-state index contributed by atoms with van der Waals surface area (Å²) in [5, 5.41) is 0. The second kappa shape index (κ2) is 3.99. The Labute approximate surface area is 108 Å². The van der Waals surface area contributed by atoms with E-state index in [0.29, 0.717) is 0 Å². The zero-order valence-corrected chi connectivity index (χ0v) is 10.6. The van der Waals surface area contributed by atoms with Crippen molar-refractivity contribution in [2.24, 2.45) is 0 Å². The highest BCUT2D eigenvalue weighted by molar-refractivity contribution is 5.79. The number of benzene rings is 2. The molecule has 0 heterocycles. The van der Waals surface area contributed by atoms with E-state index in [4.69, 9.17) is 0 Å². The van der Waals surface area contributed by atoms with Crippen LogP contribution in [-0.2, 0) is 5.41 Å². The molecule has 0 aliphatic heterocycles. The van der Waals surface area contributed by atoms with Crippen LogP contribution in [0.5, 0.6) is 0 Å².